The fourth-order valence-electron chi connectivity index (χ4n) is 1.59. The highest BCUT2D eigenvalue weighted by Crippen LogP contribution is 2.27. The Hall–Kier alpha value is -1.48. The van der Waals surface area contributed by atoms with Crippen LogP contribution in [-0.4, -0.2) is 14.8 Å². The van der Waals surface area contributed by atoms with Gasteiger partial charge in [-0.2, -0.15) is 0 Å². The number of hydrogen-bond acceptors (Lipinski definition) is 2. The van der Waals surface area contributed by atoms with Crippen molar-refractivity contribution in [2.45, 2.75) is 6.61 Å². The van der Waals surface area contributed by atoms with Crippen LogP contribution < -0.4 is 0 Å². The number of rotatable bonds is 1. The zero-order valence-electron chi connectivity index (χ0n) is 7.36. The Balaban J connectivity index is 2.87. The van der Waals surface area contributed by atoms with E-state index in [-0.39, 0.29) is 12.4 Å². The van der Waals surface area contributed by atoms with E-state index in [2.05, 4.69) is 0 Å². The van der Waals surface area contributed by atoms with E-state index in [4.69, 9.17) is 5.11 Å². The Bertz CT molecular complexity index is 445. The van der Waals surface area contributed by atoms with E-state index in [1.807, 2.05) is 23.9 Å². The molecule has 1 aromatic heterocycles. The highest BCUT2D eigenvalue weighted by Gasteiger charge is 2.06. The fraction of sp³-hybridized carbons (Fsp3) is 0.200. The summed E-state index contributed by atoms with van der Waals surface area (Å²) in [6.07, 6.45) is 1.86. The number of aliphatic hydroxyl groups is 1. The second-order valence-corrected chi connectivity index (χ2v) is 3.09. The van der Waals surface area contributed by atoms with Crippen molar-refractivity contribution in [1.29, 1.82) is 0 Å². The maximum absolute atomic E-state index is 9.56. The van der Waals surface area contributed by atoms with Crippen LogP contribution in [0.25, 0.3) is 10.9 Å². The molecule has 0 aliphatic heterocycles. The maximum Gasteiger partial charge on any atom is 0.139 e. The number of aryl methyl sites for hydroxylation is 1. The van der Waals surface area contributed by atoms with Crippen molar-refractivity contribution >= 4 is 10.9 Å². The number of aromatic hydroxyl groups is 1. The van der Waals surface area contributed by atoms with Crippen molar-refractivity contribution < 1.29 is 10.2 Å². The summed E-state index contributed by atoms with van der Waals surface area (Å²) in [4.78, 5) is 0. The number of hydrogen-bond donors (Lipinski definition) is 2. The molecule has 3 heteroatoms. The maximum atomic E-state index is 9.56. The van der Waals surface area contributed by atoms with Crippen LogP contribution in [0.15, 0.2) is 24.4 Å². The predicted octanol–water partition coefficient (Wildman–Crippen LogP) is 1.38. The van der Waals surface area contributed by atoms with E-state index in [0.717, 1.165) is 16.5 Å². The molecule has 2 rings (SSSR count). The van der Waals surface area contributed by atoms with Gasteiger partial charge in [0.15, 0.2) is 0 Å². The first-order chi connectivity index (χ1) is 6.24. The SMILES string of the molecule is Cn1ccc2c(CO)ccc(O)c21. The molecule has 1 heterocycles. The second-order valence-electron chi connectivity index (χ2n) is 3.09. The molecule has 1 aromatic carbocycles. The smallest absolute Gasteiger partial charge is 0.139 e. The van der Waals surface area contributed by atoms with Crippen molar-refractivity contribution in [2.24, 2.45) is 7.05 Å². The topological polar surface area (TPSA) is 45.4 Å². The summed E-state index contributed by atoms with van der Waals surface area (Å²) in [5, 5.41) is 19.5. The Kier molecular flexibility index (Phi) is 1.74. The molecule has 68 valence electrons. The van der Waals surface area contributed by atoms with E-state index in [9.17, 15) is 5.11 Å². The minimum absolute atomic E-state index is 0.000787. The number of aromatic nitrogens is 1. The molecule has 2 N–H and O–H groups in total. The number of nitrogens with zero attached hydrogens (tertiary/aromatic N) is 1. The summed E-state index contributed by atoms with van der Waals surface area (Å²) in [7, 11) is 1.86. The van der Waals surface area contributed by atoms with E-state index in [1.165, 1.54) is 0 Å². The molecule has 0 saturated heterocycles. The normalized spacial score (nSPS) is 10.9. The summed E-state index contributed by atoms with van der Waals surface area (Å²) in [5.74, 6) is 0.250. The number of aliphatic hydroxyl groups excluding tert-OH is 1. The van der Waals surface area contributed by atoms with Crippen molar-refractivity contribution in [3.8, 4) is 5.75 Å². The van der Waals surface area contributed by atoms with E-state index < -0.39 is 0 Å². The number of benzene rings is 1. The molecule has 0 radical (unpaired) electrons. The standard InChI is InChI=1S/C10H11NO2/c1-11-5-4-8-7(6-12)2-3-9(13)10(8)11/h2-5,12-13H,6H2,1H3. The molecule has 0 aliphatic rings. The molecule has 0 saturated carbocycles. The van der Waals surface area contributed by atoms with Gasteiger partial charge >= 0.3 is 0 Å². The molecular formula is C10H11NO2. The zero-order valence-corrected chi connectivity index (χ0v) is 7.36. The Morgan fingerprint density at radius 3 is 2.77 bits per heavy atom. The molecule has 0 aliphatic carbocycles. The summed E-state index contributed by atoms with van der Waals surface area (Å²) < 4.78 is 1.84. The van der Waals surface area contributed by atoms with Gasteiger partial charge in [0.2, 0.25) is 0 Å². The lowest BCUT2D eigenvalue weighted by Crippen LogP contribution is -1.88. The predicted molar refractivity (Wildman–Crippen MR) is 50.5 cm³/mol. The van der Waals surface area contributed by atoms with E-state index in [1.54, 1.807) is 12.1 Å². The molecule has 0 bridgehead atoms. The van der Waals surface area contributed by atoms with Gasteiger partial charge < -0.3 is 14.8 Å². The molecule has 0 amide bonds. The molecule has 2 aromatic rings. The van der Waals surface area contributed by atoms with Crippen LogP contribution in [0.4, 0.5) is 0 Å². The van der Waals surface area contributed by atoms with Gasteiger partial charge in [0.25, 0.3) is 0 Å². The van der Waals surface area contributed by atoms with Crippen LogP contribution in [0.1, 0.15) is 5.56 Å². The zero-order chi connectivity index (χ0) is 9.42. The molecule has 0 spiro atoms. The lowest BCUT2D eigenvalue weighted by molar-refractivity contribution is 0.283. The second kappa shape index (κ2) is 2.78. The van der Waals surface area contributed by atoms with Crippen LogP contribution in [0, 0.1) is 0 Å². The highest BCUT2D eigenvalue weighted by atomic mass is 16.3. The number of phenolic OH excluding ortho intramolecular Hbond substituents is 1. The number of phenols is 1. The van der Waals surface area contributed by atoms with Crippen LogP contribution >= 0.6 is 0 Å². The van der Waals surface area contributed by atoms with Crippen LogP contribution in [-0.2, 0) is 13.7 Å². The number of fused-ring (bicyclic) bond motifs is 1. The van der Waals surface area contributed by atoms with Gasteiger partial charge in [-0.15, -0.1) is 0 Å². The van der Waals surface area contributed by atoms with Crippen molar-refractivity contribution in [3.05, 3.63) is 30.0 Å². The van der Waals surface area contributed by atoms with Gasteiger partial charge in [-0.05, 0) is 17.7 Å². The first-order valence-corrected chi connectivity index (χ1v) is 4.11. The third-order valence-corrected chi connectivity index (χ3v) is 2.27. The average molecular weight is 177 g/mol. The summed E-state index contributed by atoms with van der Waals surface area (Å²) >= 11 is 0. The molecule has 3 nitrogen and oxygen atoms in total. The van der Waals surface area contributed by atoms with Crippen LogP contribution in [0.5, 0.6) is 5.75 Å². The molecule has 13 heavy (non-hydrogen) atoms. The minimum atomic E-state index is 0.000787. The first-order valence-electron chi connectivity index (χ1n) is 4.11. The van der Waals surface area contributed by atoms with Gasteiger partial charge in [0.1, 0.15) is 5.75 Å². The summed E-state index contributed by atoms with van der Waals surface area (Å²) in [6.45, 7) is 0.000787. The van der Waals surface area contributed by atoms with Crippen LogP contribution in [0.3, 0.4) is 0 Å². The third kappa shape index (κ3) is 1.09. The van der Waals surface area contributed by atoms with Gasteiger partial charge in [-0.1, -0.05) is 6.07 Å². The van der Waals surface area contributed by atoms with Crippen LogP contribution in [0.2, 0.25) is 0 Å². The summed E-state index contributed by atoms with van der Waals surface area (Å²) in [6, 6.07) is 5.23. The molecule has 0 atom stereocenters. The first kappa shape index (κ1) is 8.13. The van der Waals surface area contributed by atoms with Gasteiger partial charge in [0, 0.05) is 18.6 Å². The van der Waals surface area contributed by atoms with E-state index in [0.29, 0.717) is 0 Å². The van der Waals surface area contributed by atoms with Gasteiger partial charge in [-0.25, -0.2) is 0 Å². The van der Waals surface area contributed by atoms with Crippen molar-refractivity contribution in [1.82, 2.24) is 4.57 Å². The molecule has 0 fully saturated rings. The van der Waals surface area contributed by atoms with Gasteiger partial charge in [-0.3, -0.25) is 0 Å². The van der Waals surface area contributed by atoms with E-state index >= 15 is 0 Å². The van der Waals surface area contributed by atoms with Crippen molar-refractivity contribution in [2.75, 3.05) is 0 Å². The molecule has 0 unspecified atom stereocenters. The lowest BCUT2D eigenvalue weighted by Gasteiger charge is -2.03. The van der Waals surface area contributed by atoms with Gasteiger partial charge in [0.05, 0.1) is 12.1 Å². The third-order valence-electron chi connectivity index (χ3n) is 2.27. The fourth-order valence-corrected chi connectivity index (χ4v) is 1.59. The monoisotopic (exact) mass is 177 g/mol. The quantitative estimate of drug-likeness (QED) is 0.691. The minimum Gasteiger partial charge on any atom is -0.506 e. The van der Waals surface area contributed by atoms with Crippen molar-refractivity contribution in [3.63, 3.8) is 0 Å². The molecular weight excluding hydrogens is 166 g/mol. The largest absolute Gasteiger partial charge is 0.506 e. The Morgan fingerprint density at radius 2 is 2.08 bits per heavy atom. The Labute approximate surface area is 75.9 Å². The summed E-state index contributed by atoms with van der Waals surface area (Å²) in [5.41, 5.74) is 1.61. The average Bonchev–Trinajstić information content (AvgIpc) is 2.50. The Morgan fingerprint density at radius 1 is 1.31 bits per heavy atom. The highest BCUT2D eigenvalue weighted by molar-refractivity contribution is 5.88. The lowest BCUT2D eigenvalue weighted by atomic mass is 10.1.